The van der Waals surface area contributed by atoms with Crippen molar-refractivity contribution in [2.75, 3.05) is 5.73 Å². The zero-order valence-electron chi connectivity index (χ0n) is 9.67. The molecule has 0 unspecified atom stereocenters. The number of furan rings is 1. The van der Waals surface area contributed by atoms with E-state index in [9.17, 15) is 4.79 Å². The second kappa shape index (κ2) is 5.67. The number of hydrazone groups is 1. The van der Waals surface area contributed by atoms with Crippen molar-refractivity contribution in [3.63, 3.8) is 0 Å². The molecule has 0 aliphatic heterocycles. The Hall–Kier alpha value is -2.56. The summed E-state index contributed by atoms with van der Waals surface area (Å²) in [4.78, 5) is 11.5. The van der Waals surface area contributed by atoms with E-state index in [1.54, 1.807) is 24.3 Å². The Bertz CT molecular complexity index is 530. The molecule has 0 bridgehead atoms. The Kier molecular flexibility index (Phi) is 3.76. The summed E-state index contributed by atoms with van der Waals surface area (Å²) in [5.74, 6) is 0.394. The van der Waals surface area contributed by atoms with Crippen LogP contribution >= 0.6 is 0 Å². The van der Waals surface area contributed by atoms with E-state index in [-0.39, 0.29) is 12.3 Å². The van der Waals surface area contributed by atoms with Gasteiger partial charge in [-0.15, -0.1) is 0 Å². The summed E-state index contributed by atoms with van der Waals surface area (Å²) in [6, 6.07) is 10.6. The van der Waals surface area contributed by atoms with Crippen molar-refractivity contribution < 1.29 is 9.21 Å². The molecule has 0 radical (unpaired) electrons. The predicted octanol–water partition coefficient (Wildman–Crippen LogP) is 1.55. The maximum atomic E-state index is 11.5. The molecule has 0 aliphatic rings. The van der Waals surface area contributed by atoms with Crippen molar-refractivity contribution in [1.29, 1.82) is 0 Å². The van der Waals surface area contributed by atoms with Gasteiger partial charge in [0.25, 0.3) is 0 Å². The molecule has 0 saturated heterocycles. The number of anilines is 1. The van der Waals surface area contributed by atoms with Crippen LogP contribution in [0.5, 0.6) is 0 Å². The van der Waals surface area contributed by atoms with E-state index in [2.05, 4.69) is 10.5 Å². The van der Waals surface area contributed by atoms with Crippen LogP contribution in [0.25, 0.3) is 0 Å². The van der Waals surface area contributed by atoms with Gasteiger partial charge in [-0.05, 0) is 29.8 Å². The second-order valence-corrected chi connectivity index (χ2v) is 3.73. The van der Waals surface area contributed by atoms with Crippen molar-refractivity contribution in [3.8, 4) is 0 Å². The SMILES string of the molecule is Nc1ccc(CC(=O)N/N=C\c2ccco2)cc1. The van der Waals surface area contributed by atoms with Gasteiger partial charge in [0.05, 0.1) is 18.9 Å². The zero-order valence-corrected chi connectivity index (χ0v) is 9.67. The molecule has 5 nitrogen and oxygen atoms in total. The first-order chi connectivity index (χ1) is 8.74. The number of nitrogens with zero attached hydrogens (tertiary/aromatic N) is 1. The number of carbonyl (C=O) groups is 1. The van der Waals surface area contributed by atoms with Crippen molar-refractivity contribution in [1.82, 2.24) is 5.43 Å². The molecule has 1 heterocycles. The third-order valence-corrected chi connectivity index (χ3v) is 2.27. The molecular weight excluding hydrogens is 230 g/mol. The minimum Gasteiger partial charge on any atom is -0.463 e. The molecule has 2 aromatic rings. The van der Waals surface area contributed by atoms with Crippen LogP contribution in [-0.4, -0.2) is 12.1 Å². The highest BCUT2D eigenvalue weighted by atomic mass is 16.3. The van der Waals surface area contributed by atoms with E-state index in [1.807, 2.05) is 12.1 Å². The average Bonchev–Trinajstić information content (AvgIpc) is 2.85. The van der Waals surface area contributed by atoms with Gasteiger partial charge in [0.15, 0.2) is 0 Å². The highest BCUT2D eigenvalue weighted by Crippen LogP contribution is 2.05. The lowest BCUT2D eigenvalue weighted by molar-refractivity contribution is -0.120. The monoisotopic (exact) mass is 243 g/mol. The second-order valence-electron chi connectivity index (χ2n) is 3.73. The standard InChI is InChI=1S/C13H13N3O2/c14-11-5-3-10(4-6-11)8-13(17)16-15-9-12-2-1-7-18-12/h1-7,9H,8,14H2,(H,16,17)/b15-9-. The minimum atomic E-state index is -0.192. The number of hydrogen-bond acceptors (Lipinski definition) is 4. The van der Waals surface area contributed by atoms with Gasteiger partial charge in [-0.3, -0.25) is 4.79 Å². The zero-order chi connectivity index (χ0) is 12.8. The van der Waals surface area contributed by atoms with Crippen LogP contribution < -0.4 is 11.2 Å². The molecule has 0 spiro atoms. The van der Waals surface area contributed by atoms with E-state index in [1.165, 1.54) is 12.5 Å². The lowest BCUT2D eigenvalue weighted by Crippen LogP contribution is -2.19. The molecule has 5 heteroatoms. The molecule has 92 valence electrons. The number of carbonyl (C=O) groups excluding carboxylic acids is 1. The lowest BCUT2D eigenvalue weighted by atomic mass is 10.1. The Morgan fingerprint density at radius 3 is 2.78 bits per heavy atom. The molecule has 1 amide bonds. The van der Waals surface area contributed by atoms with Crippen LogP contribution in [0.1, 0.15) is 11.3 Å². The molecule has 1 aromatic carbocycles. The number of nitrogens with one attached hydrogen (secondary N) is 1. The number of rotatable bonds is 4. The molecule has 3 N–H and O–H groups in total. The van der Waals surface area contributed by atoms with Gasteiger partial charge in [-0.2, -0.15) is 5.10 Å². The van der Waals surface area contributed by atoms with Gasteiger partial charge in [-0.1, -0.05) is 12.1 Å². The van der Waals surface area contributed by atoms with E-state index in [4.69, 9.17) is 10.2 Å². The quantitative estimate of drug-likeness (QED) is 0.485. The normalized spacial score (nSPS) is 10.7. The Morgan fingerprint density at radius 1 is 1.33 bits per heavy atom. The van der Waals surface area contributed by atoms with Crippen LogP contribution in [0.3, 0.4) is 0 Å². The third-order valence-electron chi connectivity index (χ3n) is 2.27. The number of amides is 1. The third kappa shape index (κ3) is 3.48. The van der Waals surface area contributed by atoms with Crippen LogP contribution in [0.2, 0.25) is 0 Å². The van der Waals surface area contributed by atoms with Crippen LogP contribution in [-0.2, 0) is 11.2 Å². The van der Waals surface area contributed by atoms with E-state index in [0.717, 1.165) is 5.56 Å². The maximum Gasteiger partial charge on any atom is 0.244 e. The number of nitrogen functional groups attached to an aromatic ring is 1. The fourth-order valence-electron chi connectivity index (χ4n) is 1.39. The molecule has 1 aromatic heterocycles. The van der Waals surface area contributed by atoms with Crippen molar-refractivity contribution in [3.05, 3.63) is 54.0 Å². The largest absolute Gasteiger partial charge is 0.463 e. The van der Waals surface area contributed by atoms with Gasteiger partial charge >= 0.3 is 0 Å². The number of nitrogens with two attached hydrogens (primary N) is 1. The summed E-state index contributed by atoms with van der Waals surface area (Å²) in [5.41, 5.74) is 9.54. The Balaban J connectivity index is 1.84. The van der Waals surface area contributed by atoms with E-state index >= 15 is 0 Å². The van der Waals surface area contributed by atoms with Crippen LogP contribution in [0, 0.1) is 0 Å². The van der Waals surface area contributed by atoms with Gasteiger partial charge in [0.2, 0.25) is 5.91 Å². The summed E-state index contributed by atoms with van der Waals surface area (Å²) in [6.07, 6.45) is 3.24. The summed E-state index contributed by atoms with van der Waals surface area (Å²) in [6.45, 7) is 0. The molecule has 0 aliphatic carbocycles. The first kappa shape index (κ1) is 11.9. The van der Waals surface area contributed by atoms with Crippen molar-refractivity contribution in [2.24, 2.45) is 5.10 Å². The Labute approximate surface area is 104 Å². The molecule has 18 heavy (non-hydrogen) atoms. The minimum absolute atomic E-state index is 0.192. The average molecular weight is 243 g/mol. The Morgan fingerprint density at radius 2 is 2.11 bits per heavy atom. The molecular formula is C13H13N3O2. The van der Waals surface area contributed by atoms with Gasteiger partial charge in [-0.25, -0.2) is 5.43 Å². The molecule has 2 rings (SSSR count). The highest BCUT2D eigenvalue weighted by Gasteiger charge is 2.01. The predicted molar refractivity (Wildman–Crippen MR) is 69.0 cm³/mol. The van der Waals surface area contributed by atoms with Crippen molar-refractivity contribution in [2.45, 2.75) is 6.42 Å². The highest BCUT2D eigenvalue weighted by molar-refractivity contribution is 5.81. The summed E-state index contributed by atoms with van der Waals surface area (Å²) in [5, 5.41) is 3.78. The first-order valence-electron chi connectivity index (χ1n) is 5.44. The van der Waals surface area contributed by atoms with E-state index in [0.29, 0.717) is 11.4 Å². The fraction of sp³-hybridized carbons (Fsp3) is 0.0769. The van der Waals surface area contributed by atoms with Crippen LogP contribution in [0.4, 0.5) is 5.69 Å². The maximum absolute atomic E-state index is 11.5. The van der Waals surface area contributed by atoms with Crippen molar-refractivity contribution >= 4 is 17.8 Å². The fourth-order valence-corrected chi connectivity index (χ4v) is 1.39. The first-order valence-corrected chi connectivity index (χ1v) is 5.44. The van der Waals surface area contributed by atoms with Gasteiger partial charge < -0.3 is 10.2 Å². The summed E-state index contributed by atoms with van der Waals surface area (Å²) >= 11 is 0. The summed E-state index contributed by atoms with van der Waals surface area (Å²) < 4.78 is 5.03. The number of benzene rings is 1. The number of hydrogen-bond donors (Lipinski definition) is 2. The topological polar surface area (TPSA) is 80.6 Å². The molecule has 0 saturated carbocycles. The smallest absolute Gasteiger partial charge is 0.244 e. The lowest BCUT2D eigenvalue weighted by Gasteiger charge is -2.00. The van der Waals surface area contributed by atoms with Crippen LogP contribution in [0.15, 0.2) is 52.2 Å². The molecule has 0 atom stereocenters. The molecule has 0 fully saturated rings. The van der Waals surface area contributed by atoms with E-state index < -0.39 is 0 Å². The van der Waals surface area contributed by atoms with Gasteiger partial charge in [0.1, 0.15) is 5.76 Å². The van der Waals surface area contributed by atoms with Gasteiger partial charge in [0, 0.05) is 5.69 Å². The summed E-state index contributed by atoms with van der Waals surface area (Å²) in [7, 11) is 0.